The zero-order valence-electron chi connectivity index (χ0n) is 17.1. The van der Waals surface area contributed by atoms with Crippen LogP contribution in [-0.4, -0.2) is 62.4 Å². The maximum Gasteiger partial charge on any atom is 0.303 e. The van der Waals surface area contributed by atoms with E-state index in [-0.39, 0.29) is 5.75 Å². The number of carbonyl (C=O) groups excluding carboxylic acids is 3. The summed E-state index contributed by atoms with van der Waals surface area (Å²) in [5, 5.41) is 0. The molecule has 10 nitrogen and oxygen atoms in total. The van der Waals surface area contributed by atoms with E-state index in [1.165, 1.54) is 45.1 Å². The summed E-state index contributed by atoms with van der Waals surface area (Å²) in [5.74, 6) is -1.04. The molecule has 0 saturated carbocycles. The molecular formula is C20H21N3O7S. The molecule has 31 heavy (non-hydrogen) atoms. The number of ether oxygens (including phenoxy) is 4. The zero-order chi connectivity index (χ0) is 22.4. The number of hydrogen-bond donors (Lipinski definition) is 0. The molecule has 0 radical (unpaired) electrons. The predicted octanol–water partition coefficient (Wildman–Crippen LogP) is 1.79. The van der Waals surface area contributed by atoms with Gasteiger partial charge in [0.1, 0.15) is 12.1 Å². The topological polar surface area (TPSA) is 127 Å². The Hall–Kier alpha value is -3.21. The van der Waals surface area contributed by atoms with Crippen molar-refractivity contribution in [3.8, 4) is 16.9 Å². The fraction of sp³-hybridized carbons (Fsp3) is 0.400. The first kappa shape index (κ1) is 22.5. The second kappa shape index (κ2) is 10.2. The van der Waals surface area contributed by atoms with Gasteiger partial charge in [0.2, 0.25) is 0 Å². The van der Waals surface area contributed by atoms with E-state index in [2.05, 4.69) is 15.0 Å². The molecule has 1 aliphatic rings. The molecule has 1 unspecified atom stereocenters. The van der Waals surface area contributed by atoms with Gasteiger partial charge in [-0.2, -0.15) is 0 Å². The van der Waals surface area contributed by atoms with Crippen molar-refractivity contribution in [2.45, 2.75) is 44.5 Å². The first-order valence-electron chi connectivity index (χ1n) is 9.34. The van der Waals surface area contributed by atoms with Crippen molar-refractivity contribution < 1.29 is 33.3 Å². The van der Waals surface area contributed by atoms with Crippen LogP contribution in [0.5, 0.6) is 5.75 Å². The summed E-state index contributed by atoms with van der Waals surface area (Å²) in [4.78, 5) is 47.1. The Morgan fingerprint density at radius 2 is 1.45 bits per heavy atom. The molecule has 0 bridgehead atoms. The maximum atomic E-state index is 11.7. The average Bonchev–Trinajstić information content (AvgIpc) is 2.72. The minimum atomic E-state index is -1.02. The number of nitrogens with zero attached hydrogens (tertiary/aromatic N) is 3. The van der Waals surface area contributed by atoms with E-state index in [9.17, 15) is 14.4 Å². The van der Waals surface area contributed by atoms with Crippen molar-refractivity contribution in [2.24, 2.45) is 0 Å². The molecule has 1 aliphatic heterocycles. The Bertz CT molecular complexity index is 943. The molecule has 0 N–H and O–H groups in total. The van der Waals surface area contributed by atoms with Gasteiger partial charge >= 0.3 is 17.9 Å². The van der Waals surface area contributed by atoms with Gasteiger partial charge < -0.3 is 18.9 Å². The lowest BCUT2D eigenvalue weighted by molar-refractivity contribution is -0.186. The lowest BCUT2D eigenvalue weighted by atomic mass is 10.1. The highest BCUT2D eigenvalue weighted by Crippen LogP contribution is 2.34. The molecule has 0 aliphatic carbocycles. The fourth-order valence-electron chi connectivity index (χ4n) is 3.03. The SMILES string of the molecule is CC(=O)O[C@H]1[C@H](OC(C)=O)CSC(Oc2cncc(-c3cncnc3)c2)[C@@H]1OC(C)=O. The molecule has 2 aromatic heterocycles. The molecule has 0 amide bonds. The van der Waals surface area contributed by atoms with E-state index in [0.717, 1.165) is 11.1 Å². The average molecular weight is 447 g/mol. The van der Waals surface area contributed by atoms with Crippen LogP contribution in [0.3, 0.4) is 0 Å². The Morgan fingerprint density at radius 3 is 2.10 bits per heavy atom. The van der Waals surface area contributed by atoms with E-state index in [0.29, 0.717) is 5.75 Å². The number of rotatable bonds is 6. The van der Waals surface area contributed by atoms with Crippen LogP contribution in [-0.2, 0) is 28.6 Å². The summed E-state index contributed by atoms with van der Waals surface area (Å²) < 4.78 is 22.1. The van der Waals surface area contributed by atoms with Crippen molar-refractivity contribution in [1.82, 2.24) is 15.0 Å². The van der Waals surface area contributed by atoms with Crippen molar-refractivity contribution in [1.29, 1.82) is 0 Å². The summed E-state index contributed by atoms with van der Waals surface area (Å²) in [5.41, 5.74) is 0.752. The molecule has 4 atom stereocenters. The standard InChI is InChI=1S/C20H21N3O7S/c1-11(24)27-17-9-31-20(19(29-13(3)26)18(17)28-12(2)25)30-16-4-14(5-21-8-16)15-6-22-10-23-7-15/h4-8,10,17-20H,9H2,1-3H3/t17-,18+,19-,20?/m1/s1. The maximum absolute atomic E-state index is 11.7. The van der Waals surface area contributed by atoms with E-state index < -0.39 is 41.7 Å². The highest BCUT2D eigenvalue weighted by Gasteiger charge is 2.47. The molecule has 2 aromatic rings. The predicted molar refractivity (Wildman–Crippen MR) is 109 cm³/mol. The molecule has 3 heterocycles. The number of esters is 3. The van der Waals surface area contributed by atoms with Gasteiger partial charge in [-0.25, -0.2) is 9.97 Å². The van der Waals surface area contributed by atoms with Crippen LogP contribution in [0.4, 0.5) is 0 Å². The highest BCUT2D eigenvalue weighted by molar-refractivity contribution is 7.99. The fourth-order valence-corrected chi connectivity index (χ4v) is 4.25. The Labute approximate surface area is 182 Å². The largest absolute Gasteiger partial charge is 0.474 e. The monoisotopic (exact) mass is 447 g/mol. The third-order valence-corrected chi connectivity index (χ3v) is 5.38. The van der Waals surface area contributed by atoms with Crippen LogP contribution in [0, 0.1) is 0 Å². The van der Waals surface area contributed by atoms with E-state index in [1.54, 1.807) is 24.7 Å². The van der Waals surface area contributed by atoms with Crippen LogP contribution >= 0.6 is 11.8 Å². The van der Waals surface area contributed by atoms with Gasteiger partial charge in [0.15, 0.2) is 23.7 Å². The smallest absolute Gasteiger partial charge is 0.303 e. The van der Waals surface area contributed by atoms with E-state index in [1.807, 2.05) is 0 Å². The lowest BCUT2D eigenvalue weighted by Gasteiger charge is -2.39. The van der Waals surface area contributed by atoms with Crippen LogP contribution < -0.4 is 4.74 Å². The third-order valence-electron chi connectivity index (χ3n) is 4.16. The number of aromatic nitrogens is 3. The third kappa shape index (κ3) is 6.14. The second-order valence-electron chi connectivity index (χ2n) is 6.65. The van der Waals surface area contributed by atoms with Gasteiger partial charge in [0, 0.05) is 56.2 Å². The normalized spacial score (nSPS) is 22.8. The number of thioether (sulfide) groups is 1. The van der Waals surface area contributed by atoms with Crippen molar-refractivity contribution in [3.05, 3.63) is 37.2 Å². The number of pyridine rings is 1. The molecular weight excluding hydrogens is 426 g/mol. The zero-order valence-corrected chi connectivity index (χ0v) is 17.9. The van der Waals surface area contributed by atoms with Crippen molar-refractivity contribution >= 4 is 29.7 Å². The molecule has 3 rings (SSSR count). The lowest BCUT2D eigenvalue weighted by Crippen LogP contribution is -2.55. The van der Waals surface area contributed by atoms with E-state index >= 15 is 0 Å². The van der Waals surface area contributed by atoms with Gasteiger partial charge in [0.25, 0.3) is 0 Å². The molecule has 0 aromatic carbocycles. The summed E-state index contributed by atoms with van der Waals surface area (Å²) in [7, 11) is 0. The van der Waals surface area contributed by atoms with Gasteiger partial charge in [-0.15, -0.1) is 11.8 Å². The number of hydrogen-bond acceptors (Lipinski definition) is 11. The first-order valence-corrected chi connectivity index (χ1v) is 10.4. The molecule has 164 valence electrons. The van der Waals surface area contributed by atoms with Gasteiger partial charge in [-0.3, -0.25) is 19.4 Å². The summed E-state index contributed by atoms with van der Waals surface area (Å²) in [6, 6.07) is 1.75. The number of carbonyl (C=O) groups is 3. The molecule has 1 fully saturated rings. The van der Waals surface area contributed by atoms with Gasteiger partial charge in [0.05, 0.1) is 6.20 Å². The van der Waals surface area contributed by atoms with Crippen molar-refractivity contribution in [3.63, 3.8) is 0 Å². The molecule has 0 spiro atoms. The molecule has 1 saturated heterocycles. The van der Waals surface area contributed by atoms with Crippen LogP contribution in [0.2, 0.25) is 0 Å². The van der Waals surface area contributed by atoms with Crippen LogP contribution in [0.25, 0.3) is 11.1 Å². The van der Waals surface area contributed by atoms with Crippen LogP contribution in [0.1, 0.15) is 20.8 Å². The van der Waals surface area contributed by atoms with Crippen molar-refractivity contribution in [2.75, 3.05) is 5.75 Å². The minimum absolute atomic E-state index is 0.277. The van der Waals surface area contributed by atoms with E-state index in [4.69, 9.17) is 18.9 Å². The summed E-state index contributed by atoms with van der Waals surface area (Å²) in [6.07, 6.45) is 5.05. The Morgan fingerprint density at radius 1 is 0.839 bits per heavy atom. The second-order valence-corrected chi connectivity index (χ2v) is 7.78. The molecule has 11 heteroatoms. The quantitative estimate of drug-likeness (QED) is 0.475. The van der Waals surface area contributed by atoms with Crippen LogP contribution in [0.15, 0.2) is 37.2 Å². The highest BCUT2D eigenvalue weighted by atomic mass is 32.2. The first-order chi connectivity index (χ1) is 14.8. The van der Waals surface area contributed by atoms with Gasteiger partial charge in [-0.1, -0.05) is 0 Å². The summed E-state index contributed by atoms with van der Waals surface area (Å²) in [6.45, 7) is 3.71. The van der Waals surface area contributed by atoms with Gasteiger partial charge in [-0.05, 0) is 6.07 Å². The summed E-state index contributed by atoms with van der Waals surface area (Å²) >= 11 is 1.27. The minimum Gasteiger partial charge on any atom is -0.474 e. The Kier molecular flexibility index (Phi) is 7.40. The Balaban J connectivity index is 1.86.